The molecule has 0 aliphatic heterocycles. The lowest BCUT2D eigenvalue weighted by Crippen LogP contribution is -2.51. The number of hydrogen-bond acceptors (Lipinski definition) is 0. The molecule has 212 valence electrons. The Morgan fingerprint density at radius 2 is 0.429 bits per heavy atom. The predicted octanol–water partition coefficient (Wildman–Crippen LogP) is 6.40. The van der Waals surface area contributed by atoms with Crippen LogP contribution in [0.25, 0.3) is 0 Å². The fourth-order valence-electron chi connectivity index (χ4n) is 4.96. The number of hydrogen-bond donors (Lipinski definition) is 0. The summed E-state index contributed by atoms with van der Waals surface area (Å²) in [5.41, 5.74) is 0. The van der Waals surface area contributed by atoms with Crippen LogP contribution in [0, 0.1) is 0 Å². The summed E-state index contributed by atoms with van der Waals surface area (Å²) in [6.45, 7) is 7.95. The second-order valence-electron chi connectivity index (χ2n) is 15.1. The molecule has 0 spiro atoms. The van der Waals surface area contributed by atoms with Crippen molar-refractivity contribution in [2.75, 3.05) is 110 Å². The van der Waals surface area contributed by atoms with E-state index in [-0.39, 0.29) is 0 Å². The number of nitrogens with zero attached hydrogens (tertiary/aromatic N) is 4. The topological polar surface area (TPSA) is 0 Å². The van der Waals surface area contributed by atoms with Gasteiger partial charge in [-0.1, -0.05) is 44.9 Å². The highest BCUT2D eigenvalue weighted by atomic mass is 15.4. The normalized spacial score (nSPS) is 13.5. The first kappa shape index (κ1) is 34.8. The molecule has 0 radical (unpaired) electrons. The quantitative estimate of drug-likeness (QED) is 0.106. The number of quaternary nitrogens is 4. The van der Waals surface area contributed by atoms with Crippen molar-refractivity contribution in [2.45, 2.75) is 96.3 Å². The number of unbranched alkanes of at least 4 members (excludes halogenated alkanes) is 13. The first-order valence-electron chi connectivity index (χ1n) is 15.4. The minimum atomic E-state index is 1.11. The number of rotatable bonds is 24. The van der Waals surface area contributed by atoms with Gasteiger partial charge in [0.1, 0.15) is 13.1 Å². The van der Waals surface area contributed by atoms with Crippen molar-refractivity contribution in [3.63, 3.8) is 0 Å². The van der Waals surface area contributed by atoms with Crippen LogP contribution in [-0.2, 0) is 0 Å². The third-order valence-electron chi connectivity index (χ3n) is 7.75. The monoisotopic (exact) mass is 501 g/mol. The fraction of sp³-hybridized carbons (Fsp3) is 1.00. The first-order chi connectivity index (χ1) is 16.1. The van der Waals surface area contributed by atoms with Gasteiger partial charge in [0, 0.05) is 0 Å². The van der Waals surface area contributed by atoms with Crippen LogP contribution < -0.4 is 0 Å². The Morgan fingerprint density at radius 3 is 0.657 bits per heavy atom. The van der Waals surface area contributed by atoms with E-state index in [0.29, 0.717) is 0 Å². The first-order valence-corrected chi connectivity index (χ1v) is 15.4. The largest absolute Gasteiger partial charge is 0.331 e. The van der Waals surface area contributed by atoms with Gasteiger partial charge in [-0.2, -0.15) is 0 Å². The minimum Gasteiger partial charge on any atom is -0.331 e. The summed E-state index contributed by atoms with van der Waals surface area (Å²) in [6, 6.07) is 0. The fourth-order valence-corrected chi connectivity index (χ4v) is 4.96. The summed E-state index contributed by atoms with van der Waals surface area (Å²) >= 11 is 0. The molecular formula is C31H72N4+4. The van der Waals surface area contributed by atoms with Crippen molar-refractivity contribution in [3.8, 4) is 0 Å². The second-order valence-corrected chi connectivity index (χ2v) is 15.1. The third-order valence-corrected chi connectivity index (χ3v) is 7.75. The lowest BCUT2D eigenvalue weighted by Gasteiger charge is -2.36. The summed E-state index contributed by atoms with van der Waals surface area (Å²) < 4.78 is 4.61. The molecule has 0 fully saturated rings. The van der Waals surface area contributed by atoms with E-state index >= 15 is 0 Å². The van der Waals surface area contributed by atoms with E-state index in [1.165, 1.54) is 145 Å². The van der Waals surface area contributed by atoms with E-state index in [2.05, 4.69) is 70.5 Å². The van der Waals surface area contributed by atoms with Crippen LogP contribution >= 0.6 is 0 Å². The summed E-state index contributed by atoms with van der Waals surface area (Å²) in [6.07, 6.45) is 21.3. The van der Waals surface area contributed by atoms with E-state index in [4.69, 9.17) is 0 Å². The van der Waals surface area contributed by atoms with Crippen molar-refractivity contribution < 1.29 is 17.9 Å². The van der Waals surface area contributed by atoms with Crippen molar-refractivity contribution in [2.24, 2.45) is 0 Å². The van der Waals surface area contributed by atoms with E-state index in [1.807, 2.05) is 0 Å². The zero-order valence-electron chi connectivity index (χ0n) is 26.6. The average molecular weight is 501 g/mol. The molecule has 0 rings (SSSR count). The zero-order valence-corrected chi connectivity index (χ0v) is 26.6. The Labute approximate surface area is 224 Å². The Balaban J connectivity index is 3.69. The Bertz CT molecular complexity index is 485. The summed E-state index contributed by atoms with van der Waals surface area (Å²) in [7, 11) is 23.6. The molecule has 0 bridgehead atoms. The Hall–Kier alpha value is -0.160. The van der Waals surface area contributed by atoms with Gasteiger partial charge in [-0.3, -0.25) is 0 Å². The Morgan fingerprint density at radius 1 is 0.229 bits per heavy atom. The maximum absolute atomic E-state index is 2.45. The van der Waals surface area contributed by atoms with Gasteiger partial charge >= 0.3 is 0 Å². The molecule has 0 N–H and O–H groups in total. The van der Waals surface area contributed by atoms with Crippen molar-refractivity contribution >= 4 is 0 Å². The van der Waals surface area contributed by atoms with Gasteiger partial charge in [0.2, 0.25) is 0 Å². The molecule has 0 aromatic carbocycles. The zero-order chi connectivity index (χ0) is 26.8. The van der Waals surface area contributed by atoms with Crippen LogP contribution in [0.4, 0.5) is 0 Å². The highest BCUT2D eigenvalue weighted by Crippen LogP contribution is 2.13. The van der Waals surface area contributed by atoms with Gasteiger partial charge in [0.05, 0.1) is 96.7 Å². The van der Waals surface area contributed by atoms with Gasteiger partial charge < -0.3 is 17.9 Å². The molecule has 0 unspecified atom stereocenters. The third kappa shape index (κ3) is 26.7. The molecule has 0 saturated heterocycles. The number of likely N-dealkylation sites (N-methyl/N-ethyl adjacent to an activating group) is 2. The lowest BCUT2D eigenvalue weighted by atomic mass is 10.1. The molecule has 35 heavy (non-hydrogen) atoms. The minimum absolute atomic E-state index is 1.11. The van der Waals surface area contributed by atoms with Gasteiger partial charge in [0.25, 0.3) is 0 Å². The molecule has 0 aliphatic rings. The van der Waals surface area contributed by atoms with Crippen molar-refractivity contribution in [3.05, 3.63) is 0 Å². The molecule has 0 aliphatic carbocycles. The van der Waals surface area contributed by atoms with Gasteiger partial charge in [0.15, 0.2) is 0 Å². The van der Waals surface area contributed by atoms with E-state index < -0.39 is 0 Å². The van der Waals surface area contributed by atoms with Crippen molar-refractivity contribution in [1.29, 1.82) is 0 Å². The van der Waals surface area contributed by atoms with Crippen LogP contribution in [0.3, 0.4) is 0 Å². The molecule has 4 nitrogen and oxygen atoms in total. The van der Waals surface area contributed by atoms with Gasteiger partial charge in [-0.05, 0) is 51.4 Å². The molecule has 0 aromatic rings. The standard InChI is InChI=1S/C31H72N4/c1-32(2,3)26-22-18-14-11-12-16-20-24-28-34(7,8)30-31-35(9,10)29-25-21-17-13-15-19-23-27-33(4,5)6/h11-31H2,1-10H3/q+4. The smallest absolute Gasteiger partial charge is 0.128 e. The van der Waals surface area contributed by atoms with E-state index in [9.17, 15) is 0 Å². The molecule has 0 aromatic heterocycles. The molecule has 0 amide bonds. The van der Waals surface area contributed by atoms with E-state index in [0.717, 1.165) is 8.97 Å². The summed E-state index contributed by atoms with van der Waals surface area (Å²) in [4.78, 5) is 0. The lowest BCUT2D eigenvalue weighted by molar-refractivity contribution is -0.946. The summed E-state index contributed by atoms with van der Waals surface area (Å²) in [5.74, 6) is 0. The van der Waals surface area contributed by atoms with Crippen LogP contribution in [0.15, 0.2) is 0 Å². The highest BCUT2D eigenvalue weighted by Gasteiger charge is 2.22. The average Bonchev–Trinajstić information content (AvgIpc) is 2.71. The maximum Gasteiger partial charge on any atom is 0.128 e. The summed E-state index contributed by atoms with van der Waals surface area (Å²) in [5, 5.41) is 0. The second kappa shape index (κ2) is 18.2. The van der Waals surface area contributed by atoms with Gasteiger partial charge in [-0.25, -0.2) is 0 Å². The Kier molecular flexibility index (Phi) is 18.1. The molecule has 0 atom stereocenters. The van der Waals surface area contributed by atoms with Crippen LogP contribution in [0.2, 0.25) is 0 Å². The van der Waals surface area contributed by atoms with Crippen molar-refractivity contribution in [1.82, 2.24) is 0 Å². The maximum atomic E-state index is 2.45. The van der Waals surface area contributed by atoms with E-state index in [1.54, 1.807) is 0 Å². The van der Waals surface area contributed by atoms with Crippen LogP contribution in [0.1, 0.15) is 96.3 Å². The molecular weight excluding hydrogens is 428 g/mol. The SMILES string of the molecule is C[N+](C)(C)CCCCCCCCCC[N+](C)(C)CC[N+](C)(C)CCCCCCCCC[N+](C)(C)C. The molecule has 0 heterocycles. The van der Waals surface area contributed by atoms with Crippen LogP contribution in [0.5, 0.6) is 0 Å². The van der Waals surface area contributed by atoms with Crippen LogP contribution in [-0.4, -0.2) is 128 Å². The predicted molar refractivity (Wildman–Crippen MR) is 159 cm³/mol. The molecule has 0 saturated carbocycles. The molecule has 4 heteroatoms. The highest BCUT2D eigenvalue weighted by molar-refractivity contribution is 4.49. The van der Waals surface area contributed by atoms with Gasteiger partial charge in [-0.15, -0.1) is 0 Å².